The Hall–Kier alpha value is -3.19. The van der Waals surface area contributed by atoms with Crippen molar-refractivity contribution in [2.75, 3.05) is 25.1 Å². The van der Waals surface area contributed by atoms with Gasteiger partial charge in [0.05, 0.1) is 36.3 Å². The zero-order chi connectivity index (χ0) is 20.7. The first-order valence-corrected chi connectivity index (χ1v) is 10.3. The molecule has 7 heteroatoms. The summed E-state index contributed by atoms with van der Waals surface area (Å²) in [4.78, 5) is 37.4. The highest BCUT2D eigenvalue weighted by atomic mass is 16.5. The van der Waals surface area contributed by atoms with Crippen molar-refractivity contribution in [2.24, 2.45) is 0 Å². The van der Waals surface area contributed by atoms with Gasteiger partial charge in [-0.1, -0.05) is 18.2 Å². The van der Waals surface area contributed by atoms with E-state index in [1.807, 2.05) is 24.3 Å². The maximum absolute atomic E-state index is 13.1. The lowest BCUT2D eigenvalue weighted by Gasteiger charge is -2.34. The highest BCUT2D eigenvalue weighted by Gasteiger charge is 2.43. The molecule has 0 aliphatic carbocycles. The average Bonchev–Trinajstić information content (AvgIpc) is 3.34. The van der Waals surface area contributed by atoms with Crippen molar-refractivity contribution < 1.29 is 14.3 Å². The number of anilines is 1. The number of nitrogens with zero attached hydrogens (tertiary/aromatic N) is 3. The first-order chi connectivity index (χ1) is 14.6. The Morgan fingerprint density at radius 1 is 1.07 bits per heavy atom. The van der Waals surface area contributed by atoms with Crippen LogP contribution in [0, 0.1) is 0 Å². The Kier molecular flexibility index (Phi) is 4.75. The summed E-state index contributed by atoms with van der Waals surface area (Å²) >= 11 is 0. The molecule has 0 spiro atoms. The van der Waals surface area contributed by atoms with Gasteiger partial charge in [0.2, 0.25) is 5.91 Å². The molecule has 0 saturated carbocycles. The minimum absolute atomic E-state index is 0.143. The van der Waals surface area contributed by atoms with E-state index in [0.717, 1.165) is 42.8 Å². The molecule has 2 fully saturated rings. The topological polar surface area (TPSA) is 78.5 Å². The third-order valence-corrected chi connectivity index (χ3v) is 6.20. The highest BCUT2D eigenvalue weighted by Crippen LogP contribution is 2.33. The van der Waals surface area contributed by atoms with E-state index >= 15 is 0 Å². The second-order valence-electron chi connectivity index (χ2n) is 7.94. The molecule has 2 aromatic carbocycles. The molecule has 154 valence electrons. The van der Waals surface area contributed by atoms with Gasteiger partial charge in [0.1, 0.15) is 11.6 Å². The molecular weight excluding hydrogens is 380 g/mol. The molecule has 1 atom stereocenters. The monoisotopic (exact) mass is 404 g/mol. The Bertz CT molecular complexity index is 1070. The number of amides is 2. The number of aromatic nitrogens is 2. The number of hydrogen-bond donors (Lipinski definition) is 1. The van der Waals surface area contributed by atoms with Crippen LogP contribution in [0.2, 0.25) is 0 Å². The van der Waals surface area contributed by atoms with Crippen LogP contribution in [0.5, 0.6) is 5.75 Å². The smallest absolute Gasteiger partial charge is 0.251 e. The van der Waals surface area contributed by atoms with Gasteiger partial charge in [-0.3, -0.25) is 14.5 Å². The molecule has 0 bridgehead atoms. The number of nitrogens with one attached hydrogen (secondary N) is 1. The number of piperidine rings is 1. The third-order valence-electron chi connectivity index (χ3n) is 6.20. The number of carbonyl (C=O) groups excluding carboxylic acids is 2. The van der Waals surface area contributed by atoms with Gasteiger partial charge in [-0.15, -0.1) is 0 Å². The summed E-state index contributed by atoms with van der Waals surface area (Å²) in [5.74, 6) is 1.69. The molecule has 30 heavy (non-hydrogen) atoms. The predicted octanol–water partition coefficient (Wildman–Crippen LogP) is 3.08. The molecule has 3 heterocycles. The number of imide groups is 1. The zero-order valence-electron chi connectivity index (χ0n) is 16.9. The van der Waals surface area contributed by atoms with Crippen LogP contribution in [0.3, 0.4) is 0 Å². The van der Waals surface area contributed by atoms with Crippen molar-refractivity contribution in [3.63, 3.8) is 0 Å². The van der Waals surface area contributed by atoms with Crippen LogP contribution in [-0.2, 0) is 9.59 Å². The number of hydrogen-bond acceptors (Lipinski definition) is 5. The van der Waals surface area contributed by atoms with Gasteiger partial charge in [-0.25, -0.2) is 9.88 Å². The number of benzene rings is 2. The number of likely N-dealkylation sites (tertiary alicyclic amines) is 1. The van der Waals surface area contributed by atoms with Gasteiger partial charge in [0.25, 0.3) is 5.91 Å². The van der Waals surface area contributed by atoms with E-state index in [1.165, 1.54) is 4.90 Å². The van der Waals surface area contributed by atoms with Gasteiger partial charge in [0, 0.05) is 12.0 Å². The maximum atomic E-state index is 13.1. The molecule has 2 amide bonds. The SMILES string of the molecule is COc1cccc(N2C(=O)C[C@H](N3CCC(c4nc5ccccc5[nH]4)CC3)C2=O)c1. The van der Waals surface area contributed by atoms with Crippen LogP contribution in [0.15, 0.2) is 48.5 Å². The lowest BCUT2D eigenvalue weighted by atomic mass is 9.95. The number of carbonyl (C=O) groups is 2. The Morgan fingerprint density at radius 3 is 2.63 bits per heavy atom. The Balaban J connectivity index is 1.28. The number of rotatable bonds is 4. The summed E-state index contributed by atoms with van der Waals surface area (Å²) in [6, 6.07) is 14.8. The van der Waals surface area contributed by atoms with Crippen LogP contribution in [0.4, 0.5) is 5.69 Å². The van der Waals surface area contributed by atoms with E-state index in [1.54, 1.807) is 31.4 Å². The molecule has 2 aliphatic rings. The largest absolute Gasteiger partial charge is 0.497 e. The molecule has 5 rings (SSSR count). The summed E-state index contributed by atoms with van der Waals surface area (Å²) in [7, 11) is 1.57. The molecule has 7 nitrogen and oxygen atoms in total. The van der Waals surface area contributed by atoms with Gasteiger partial charge in [-0.05, 0) is 50.2 Å². The Morgan fingerprint density at radius 2 is 1.87 bits per heavy atom. The molecule has 1 N–H and O–H groups in total. The highest BCUT2D eigenvalue weighted by molar-refractivity contribution is 6.22. The molecule has 1 aromatic heterocycles. The lowest BCUT2D eigenvalue weighted by Crippen LogP contribution is -2.45. The van der Waals surface area contributed by atoms with Crippen molar-refractivity contribution in [3.8, 4) is 5.75 Å². The molecule has 2 saturated heterocycles. The van der Waals surface area contributed by atoms with Crippen molar-refractivity contribution in [1.82, 2.24) is 14.9 Å². The normalized spacial score (nSPS) is 21.0. The summed E-state index contributed by atoms with van der Waals surface area (Å²) < 4.78 is 5.24. The Labute approximate surface area is 174 Å². The lowest BCUT2D eigenvalue weighted by molar-refractivity contribution is -0.123. The van der Waals surface area contributed by atoms with Gasteiger partial charge >= 0.3 is 0 Å². The van der Waals surface area contributed by atoms with E-state index in [4.69, 9.17) is 9.72 Å². The number of imidazole rings is 1. The zero-order valence-corrected chi connectivity index (χ0v) is 16.9. The van der Waals surface area contributed by atoms with Gasteiger partial charge in [0.15, 0.2) is 0 Å². The molecule has 0 unspecified atom stereocenters. The van der Waals surface area contributed by atoms with E-state index < -0.39 is 0 Å². The van der Waals surface area contributed by atoms with E-state index in [-0.39, 0.29) is 24.3 Å². The summed E-state index contributed by atoms with van der Waals surface area (Å²) in [5.41, 5.74) is 2.62. The standard InChI is InChI=1S/C23H24N4O3/c1-30-17-6-4-5-16(13-17)27-21(28)14-20(23(27)29)26-11-9-15(10-12-26)22-24-18-7-2-3-8-19(18)25-22/h2-8,13,15,20H,9-12,14H2,1H3,(H,24,25)/t20-/m0/s1. The van der Waals surface area contributed by atoms with E-state index in [0.29, 0.717) is 17.4 Å². The second kappa shape index (κ2) is 7.57. The minimum Gasteiger partial charge on any atom is -0.497 e. The van der Waals surface area contributed by atoms with Crippen LogP contribution in [0.1, 0.15) is 31.0 Å². The van der Waals surface area contributed by atoms with Crippen molar-refractivity contribution in [3.05, 3.63) is 54.4 Å². The predicted molar refractivity (Wildman–Crippen MR) is 114 cm³/mol. The first kappa shape index (κ1) is 18.8. The second-order valence-corrected chi connectivity index (χ2v) is 7.94. The minimum atomic E-state index is -0.389. The first-order valence-electron chi connectivity index (χ1n) is 10.3. The van der Waals surface area contributed by atoms with E-state index in [2.05, 4.69) is 9.88 Å². The fourth-order valence-electron chi connectivity index (χ4n) is 4.57. The molecule has 0 radical (unpaired) electrons. The maximum Gasteiger partial charge on any atom is 0.251 e. The van der Waals surface area contributed by atoms with E-state index in [9.17, 15) is 9.59 Å². The van der Waals surface area contributed by atoms with Crippen molar-refractivity contribution in [2.45, 2.75) is 31.2 Å². The van der Waals surface area contributed by atoms with Crippen LogP contribution >= 0.6 is 0 Å². The number of H-pyrrole nitrogens is 1. The summed E-state index contributed by atoms with van der Waals surface area (Å²) in [6.45, 7) is 1.55. The number of aromatic amines is 1. The van der Waals surface area contributed by atoms with Gasteiger partial charge < -0.3 is 9.72 Å². The van der Waals surface area contributed by atoms with Gasteiger partial charge in [-0.2, -0.15) is 0 Å². The number of methoxy groups -OCH3 is 1. The van der Waals surface area contributed by atoms with Crippen molar-refractivity contribution in [1.29, 1.82) is 0 Å². The molecule has 2 aliphatic heterocycles. The van der Waals surface area contributed by atoms with Crippen LogP contribution < -0.4 is 9.64 Å². The fourth-order valence-corrected chi connectivity index (χ4v) is 4.57. The number of para-hydroxylation sites is 2. The summed E-state index contributed by atoms with van der Waals surface area (Å²) in [5, 5.41) is 0. The molecule has 3 aromatic rings. The molecular formula is C23H24N4O3. The fraction of sp³-hybridized carbons (Fsp3) is 0.348. The quantitative estimate of drug-likeness (QED) is 0.676. The van der Waals surface area contributed by atoms with Crippen molar-refractivity contribution >= 4 is 28.5 Å². The number of fused-ring (bicyclic) bond motifs is 1. The van der Waals surface area contributed by atoms with Crippen LogP contribution in [0.25, 0.3) is 11.0 Å². The third kappa shape index (κ3) is 3.25. The van der Waals surface area contributed by atoms with Crippen LogP contribution in [-0.4, -0.2) is 52.9 Å². The summed E-state index contributed by atoms with van der Waals surface area (Å²) in [6.07, 6.45) is 2.05. The average molecular weight is 404 g/mol. The number of ether oxygens (including phenoxy) is 1.